The molecule has 4 rings (SSSR count). The van der Waals surface area contributed by atoms with Gasteiger partial charge in [-0.2, -0.15) is 0 Å². The van der Waals surface area contributed by atoms with Gasteiger partial charge in [0.2, 0.25) is 0 Å². The Balaban J connectivity index is 1.50. The van der Waals surface area contributed by atoms with Crippen molar-refractivity contribution < 1.29 is 14.4 Å². The van der Waals surface area contributed by atoms with Crippen LogP contribution in [0.2, 0.25) is 15.1 Å². The van der Waals surface area contributed by atoms with E-state index in [0.29, 0.717) is 39.2 Å². The normalized spacial score (nSPS) is 17.7. The number of hydrogen-bond acceptors (Lipinski definition) is 4. The molecule has 0 saturated heterocycles. The summed E-state index contributed by atoms with van der Waals surface area (Å²) in [5, 5.41) is 1.49. The van der Waals surface area contributed by atoms with Crippen molar-refractivity contribution in [1.82, 2.24) is 4.98 Å². The first-order valence-electron chi connectivity index (χ1n) is 11.4. The Kier molecular flexibility index (Phi) is 7.75. The van der Waals surface area contributed by atoms with Gasteiger partial charge in [0, 0.05) is 42.0 Å². The van der Waals surface area contributed by atoms with Crippen LogP contribution in [0, 0.1) is 19.8 Å². The Labute approximate surface area is 219 Å². The van der Waals surface area contributed by atoms with Gasteiger partial charge < -0.3 is 0 Å². The van der Waals surface area contributed by atoms with Crippen LogP contribution in [-0.2, 0) is 20.8 Å². The Hall–Kier alpha value is -2.53. The Morgan fingerprint density at radius 2 is 1.71 bits per heavy atom. The molecule has 4 nitrogen and oxygen atoms in total. The van der Waals surface area contributed by atoms with Crippen LogP contribution in [0.25, 0.3) is 11.3 Å². The first kappa shape index (κ1) is 25.6. The van der Waals surface area contributed by atoms with Gasteiger partial charge in [-0.3, -0.25) is 19.4 Å². The molecule has 1 aromatic heterocycles. The first-order valence-corrected chi connectivity index (χ1v) is 12.5. The third-order valence-electron chi connectivity index (χ3n) is 6.48. The largest absolute Gasteiger partial charge is 0.300 e. The van der Waals surface area contributed by atoms with E-state index in [1.807, 2.05) is 44.2 Å². The van der Waals surface area contributed by atoms with Crippen LogP contribution in [0.15, 0.2) is 48.7 Å². The zero-order valence-electron chi connectivity index (χ0n) is 19.4. The van der Waals surface area contributed by atoms with Crippen LogP contribution in [0.3, 0.4) is 0 Å². The molecule has 0 spiro atoms. The van der Waals surface area contributed by atoms with E-state index in [1.54, 1.807) is 12.1 Å². The SMILES string of the molecule is Cc1cc(-c2ncc(Cl)cc2Cl)cc(C)c1C1C(=O)CC(CC(=O)CCc2cccc(Cl)c2)C1=O. The zero-order chi connectivity index (χ0) is 25.3. The van der Waals surface area contributed by atoms with Crippen molar-refractivity contribution in [3.8, 4) is 11.3 Å². The number of hydrogen-bond donors (Lipinski definition) is 0. The molecule has 0 aliphatic heterocycles. The minimum absolute atomic E-state index is 0.0241. The number of carbonyl (C=O) groups excluding carboxylic acids is 3. The minimum Gasteiger partial charge on any atom is -0.300 e. The van der Waals surface area contributed by atoms with Gasteiger partial charge in [0.1, 0.15) is 17.5 Å². The molecular weight excluding hydrogens is 505 g/mol. The lowest BCUT2D eigenvalue weighted by Gasteiger charge is -2.17. The standard InChI is InChI=1S/C28H24Cl3NO3/c1-15-8-18(27-23(31)13-21(30)14-32-27)9-16(2)25(15)26-24(34)12-19(28(26)35)11-22(33)7-6-17-4-3-5-20(29)10-17/h3-5,8-10,13-14,19,26H,6-7,11-12H2,1-2H3. The van der Waals surface area contributed by atoms with E-state index >= 15 is 0 Å². The molecule has 0 radical (unpaired) electrons. The monoisotopic (exact) mass is 527 g/mol. The van der Waals surface area contributed by atoms with E-state index in [1.165, 1.54) is 6.20 Å². The topological polar surface area (TPSA) is 64.1 Å². The average Bonchev–Trinajstić information content (AvgIpc) is 3.05. The molecular formula is C28H24Cl3NO3. The number of benzene rings is 2. The predicted octanol–water partition coefficient (Wildman–Crippen LogP) is 7.16. The maximum atomic E-state index is 13.3. The number of Topliss-reactive ketones (excluding diaryl/α,β-unsaturated/α-hetero) is 3. The molecule has 2 atom stereocenters. The highest BCUT2D eigenvalue weighted by Gasteiger charge is 2.43. The maximum absolute atomic E-state index is 13.3. The van der Waals surface area contributed by atoms with Crippen LogP contribution in [0.4, 0.5) is 0 Å². The fraction of sp³-hybridized carbons (Fsp3) is 0.286. The summed E-state index contributed by atoms with van der Waals surface area (Å²) in [6.45, 7) is 3.75. The molecule has 1 heterocycles. The number of rotatable bonds is 7. The Bertz CT molecular complexity index is 1310. The predicted molar refractivity (Wildman–Crippen MR) is 139 cm³/mol. The molecule has 3 aromatic rings. The highest BCUT2D eigenvalue weighted by Crippen LogP contribution is 2.39. The molecule has 7 heteroatoms. The van der Waals surface area contributed by atoms with Gasteiger partial charge >= 0.3 is 0 Å². The summed E-state index contributed by atoms with van der Waals surface area (Å²) in [7, 11) is 0. The molecule has 1 fully saturated rings. The van der Waals surface area contributed by atoms with E-state index in [9.17, 15) is 14.4 Å². The van der Waals surface area contributed by atoms with Gasteiger partial charge in [-0.1, -0.05) is 46.9 Å². The summed E-state index contributed by atoms with van der Waals surface area (Å²) in [5.74, 6) is -1.75. The van der Waals surface area contributed by atoms with Gasteiger partial charge in [-0.05, 0) is 72.9 Å². The number of pyridine rings is 1. The molecule has 2 aromatic carbocycles. The smallest absolute Gasteiger partial charge is 0.151 e. The number of ketones is 3. The fourth-order valence-electron chi connectivity index (χ4n) is 4.88. The van der Waals surface area contributed by atoms with E-state index in [-0.39, 0.29) is 30.2 Å². The van der Waals surface area contributed by atoms with Crippen molar-refractivity contribution in [3.63, 3.8) is 0 Å². The second-order valence-corrected chi connectivity index (χ2v) is 10.4. The van der Waals surface area contributed by atoms with Crippen LogP contribution in [0.5, 0.6) is 0 Å². The Morgan fingerprint density at radius 1 is 1.00 bits per heavy atom. The van der Waals surface area contributed by atoms with Crippen molar-refractivity contribution in [1.29, 1.82) is 0 Å². The second kappa shape index (κ2) is 10.6. The lowest BCUT2D eigenvalue weighted by molar-refractivity contribution is -0.127. The third-order valence-corrected chi connectivity index (χ3v) is 7.21. The summed E-state index contributed by atoms with van der Waals surface area (Å²) in [6, 6.07) is 12.8. The first-order chi connectivity index (χ1) is 16.6. The third kappa shape index (κ3) is 5.66. The van der Waals surface area contributed by atoms with Crippen molar-refractivity contribution in [3.05, 3.63) is 86.0 Å². The number of aromatic nitrogens is 1. The molecule has 2 unspecified atom stereocenters. The average molecular weight is 529 g/mol. The summed E-state index contributed by atoms with van der Waals surface area (Å²) < 4.78 is 0. The molecule has 0 N–H and O–H groups in total. The number of aryl methyl sites for hydroxylation is 3. The van der Waals surface area contributed by atoms with E-state index in [4.69, 9.17) is 34.8 Å². The molecule has 0 amide bonds. The van der Waals surface area contributed by atoms with E-state index < -0.39 is 11.8 Å². The molecule has 180 valence electrons. The summed E-state index contributed by atoms with van der Waals surface area (Å²) in [4.78, 5) is 43.2. The van der Waals surface area contributed by atoms with Crippen LogP contribution in [0.1, 0.15) is 47.4 Å². The lowest BCUT2D eigenvalue weighted by atomic mass is 9.85. The maximum Gasteiger partial charge on any atom is 0.151 e. The molecule has 35 heavy (non-hydrogen) atoms. The van der Waals surface area contributed by atoms with Gasteiger partial charge in [0.15, 0.2) is 5.78 Å². The van der Waals surface area contributed by atoms with Crippen molar-refractivity contribution in [2.75, 3.05) is 0 Å². The lowest BCUT2D eigenvalue weighted by Crippen LogP contribution is -2.19. The highest BCUT2D eigenvalue weighted by atomic mass is 35.5. The van der Waals surface area contributed by atoms with Gasteiger partial charge in [0.05, 0.1) is 15.7 Å². The van der Waals surface area contributed by atoms with Gasteiger partial charge in [-0.15, -0.1) is 0 Å². The molecule has 0 bridgehead atoms. The van der Waals surface area contributed by atoms with Crippen LogP contribution >= 0.6 is 34.8 Å². The minimum atomic E-state index is -0.844. The highest BCUT2D eigenvalue weighted by molar-refractivity contribution is 6.36. The number of carbonyl (C=O) groups is 3. The van der Waals surface area contributed by atoms with Gasteiger partial charge in [0.25, 0.3) is 0 Å². The van der Waals surface area contributed by atoms with Crippen molar-refractivity contribution in [2.24, 2.45) is 5.92 Å². The molecule has 1 aliphatic carbocycles. The van der Waals surface area contributed by atoms with Crippen LogP contribution in [-0.4, -0.2) is 22.3 Å². The number of halogens is 3. The molecule has 1 aliphatic rings. The van der Waals surface area contributed by atoms with Crippen molar-refractivity contribution >= 4 is 52.2 Å². The Morgan fingerprint density at radius 3 is 2.37 bits per heavy atom. The fourth-order valence-corrected chi connectivity index (χ4v) is 5.58. The van der Waals surface area contributed by atoms with Gasteiger partial charge in [-0.25, -0.2) is 0 Å². The van der Waals surface area contributed by atoms with Crippen molar-refractivity contribution in [2.45, 2.75) is 45.4 Å². The second-order valence-electron chi connectivity index (χ2n) is 9.08. The van der Waals surface area contributed by atoms with Crippen LogP contribution < -0.4 is 0 Å². The van der Waals surface area contributed by atoms with E-state index in [2.05, 4.69) is 4.98 Å². The summed E-state index contributed by atoms with van der Waals surface area (Å²) >= 11 is 18.3. The number of nitrogens with zero attached hydrogens (tertiary/aromatic N) is 1. The molecule has 1 saturated carbocycles. The zero-order valence-corrected chi connectivity index (χ0v) is 21.7. The van der Waals surface area contributed by atoms with E-state index in [0.717, 1.165) is 22.3 Å². The quantitative estimate of drug-likeness (QED) is 0.305. The summed E-state index contributed by atoms with van der Waals surface area (Å²) in [5.41, 5.74) is 4.68. The summed E-state index contributed by atoms with van der Waals surface area (Å²) in [6.07, 6.45) is 2.57.